The number of benzene rings is 1. The van der Waals surface area contributed by atoms with Crippen molar-refractivity contribution in [2.45, 2.75) is 26.3 Å². The predicted octanol–water partition coefficient (Wildman–Crippen LogP) is 1.97. The first kappa shape index (κ1) is 14.7. The Hall–Kier alpha value is -1.69. The van der Waals surface area contributed by atoms with Gasteiger partial charge in [0.1, 0.15) is 12.1 Å². The normalized spacial score (nSPS) is 13.9. The summed E-state index contributed by atoms with van der Waals surface area (Å²) in [7, 11) is 0. The lowest BCUT2D eigenvalue weighted by molar-refractivity contribution is -0.307. The third-order valence-corrected chi connectivity index (χ3v) is 3.85. The van der Waals surface area contributed by atoms with Crippen LogP contribution in [-0.2, 0) is 4.79 Å². The molecule has 0 bridgehead atoms. The molecule has 0 saturated heterocycles. The highest BCUT2D eigenvalue weighted by Crippen LogP contribution is 2.24. The van der Waals surface area contributed by atoms with E-state index >= 15 is 0 Å². The number of nitrogens with zero attached hydrogens (tertiary/aromatic N) is 2. The van der Waals surface area contributed by atoms with Crippen LogP contribution in [0, 0.1) is 5.92 Å². The number of aromatic nitrogens is 2. The van der Waals surface area contributed by atoms with Crippen molar-refractivity contribution in [1.29, 1.82) is 0 Å². The maximum Gasteiger partial charge on any atom is 0.137 e. The van der Waals surface area contributed by atoms with Crippen LogP contribution in [0.5, 0.6) is 0 Å². The van der Waals surface area contributed by atoms with E-state index in [1.807, 2.05) is 32.0 Å². The number of carboxylic acid groups (broad SMARTS) is 1. The average molecular weight is 337 g/mol. The summed E-state index contributed by atoms with van der Waals surface area (Å²) in [5.74, 6) is -0.677. The van der Waals surface area contributed by atoms with Gasteiger partial charge in [0.25, 0.3) is 0 Å². The molecule has 0 aliphatic carbocycles. The molecule has 0 unspecified atom stereocenters. The highest BCUT2D eigenvalue weighted by atomic mass is 79.9. The fraction of sp³-hybridized carbons (Fsp3) is 0.357. The second kappa shape index (κ2) is 6.17. The van der Waals surface area contributed by atoms with Gasteiger partial charge in [-0.25, -0.2) is 9.97 Å². The zero-order valence-corrected chi connectivity index (χ0v) is 12.8. The number of carbonyl (C=O) groups excluding carboxylic acids is 1. The molecule has 5 nitrogen and oxygen atoms in total. The Bertz CT molecular complexity index is 633. The Balaban J connectivity index is 2.42. The van der Waals surface area contributed by atoms with E-state index in [1.165, 1.54) is 6.33 Å². The number of carboxylic acids is 1. The van der Waals surface area contributed by atoms with Gasteiger partial charge in [-0.15, -0.1) is 0 Å². The van der Waals surface area contributed by atoms with Crippen molar-refractivity contribution < 1.29 is 9.90 Å². The van der Waals surface area contributed by atoms with Crippen LogP contribution in [0.3, 0.4) is 0 Å². The van der Waals surface area contributed by atoms with Crippen LogP contribution in [-0.4, -0.2) is 22.0 Å². The quantitative estimate of drug-likeness (QED) is 0.903. The Kier molecular flexibility index (Phi) is 4.54. The van der Waals surface area contributed by atoms with E-state index in [-0.39, 0.29) is 5.92 Å². The van der Waals surface area contributed by atoms with Crippen molar-refractivity contribution in [3.8, 4) is 0 Å². The topological polar surface area (TPSA) is 77.9 Å². The van der Waals surface area contributed by atoms with Crippen LogP contribution in [0.25, 0.3) is 10.9 Å². The molecule has 2 atom stereocenters. The first-order valence-corrected chi connectivity index (χ1v) is 7.20. The molecule has 1 N–H and O–H groups in total. The lowest BCUT2D eigenvalue weighted by Crippen LogP contribution is -2.45. The van der Waals surface area contributed by atoms with Crippen molar-refractivity contribution in [3.63, 3.8) is 0 Å². The number of nitrogens with one attached hydrogen (secondary N) is 1. The monoisotopic (exact) mass is 336 g/mol. The molecule has 0 aliphatic heterocycles. The Morgan fingerprint density at radius 3 is 2.85 bits per heavy atom. The molecule has 1 aromatic heterocycles. The van der Waals surface area contributed by atoms with Gasteiger partial charge in [0.2, 0.25) is 0 Å². The smallest absolute Gasteiger partial charge is 0.137 e. The summed E-state index contributed by atoms with van der Waals surface area (Å²) in [6.07, 6.45) is 2.15. The van der Waals surface area contributed by atoms with Crippen molar-refractivity contribution in [2.75, 3.05) is 5.32 Å². The van der Waals surface area contributed by atoms with Gasteiger partial charge in [-0.1, -0.05) is 36.2 Å². The minimum atomic E-state index is -1.12. The first-order chi connectivity index (χ1) is 9.52. The van der Waals surface area contributed by atoms with Gasteiger partial charge in [-0.2, -0.15) is 0 Å². The third-order valence-electron chi connectivity index (χ3n) is 3.36. The van der Waals surface area contributed by atoms with Crippen molar-refractivity contribution in [3.05, 3.63) is 29.0 Å². The second-order valence-electron chi connectivity index (χ2n) is 4.71. The molecule has 20 heavy (non-hydrogen) atoms. The van der Waals surface area contributed by atoms with Gasteiger partial charge in [0.15, 0.2) is 0 Å². The molecule has 0 amide bonds. The van der Waals surface area contributed by atoms with E-state index < -0.39 is 12.0 Å². The lowest BCUT2D eigenvalue weighted by Gasteiger charge is -2.26. The van der Waals surface area contributed by atoms with Gasteiger partial charge >= 0.3 is 0 Å². The molecule has 0 aliphatic rings. The van der Waals surface area contributed by atoms with Gasteiger partial charge in [-0.05, 0) is 24.1 Å². The van der Waals surface area contributed by atoms with Crippen LogP contribution in [0.15, 0.2) is 29.0 Å². The molecule has 0 saturated carbocycles. The number of hydrogen-bond donors (Lipinski definition) is 1. The Labute approximate surface area is 125 Å². The van der Waals surface area contributed by atoms with Crippen LogP contribution in [0.1, 0.15) is 20.3 Å². The summed E-state index contributed by atoms with van der Waals surface area (Å²) in [6, 6.07) is 4.81. The second-order valence-corrected chi connectivity index (χ2v) is 5.63. The molecule has 2 aromatic rings. The molecule has 0 spiro atoms. The maximum atomic E-state index is 11.3. The largest absolute Gasteiger partial charge is 0.548 e. The third kappa shape index (κ3) is 3.07. The van der Waals surface area contributed by atoms with Crippen molar-refractivity contribution in [2.24, 2.45) is 5.92 Å². The van der Waals surface area contributed by atoms with E-state index in [4.69, 9.17) is 0 Å². The number of halogens is 1. The summed E-state index contributed by atoms with van der Waals surface area (Å²) in [5, 5.41) is 15.0. The van der Waals surface area contributed by atoms with Crippen molar-refractivity contribution >= 4 is 38.6 Å². The van der Waals surface area contributed by atoms with Crippen LogP contribution >= 0.6 is 15.9 Å². The minimum absolute atomic E-state index is 0.0582. The van der Waals surface area contributed by atoms with Gasteiger partial charge in [-0.3, -0.25) is 0 Å². The molecule has 1 heterocycles. The van der Waals surface area contributed by atoms with Gasteiger partial charge in [0, 0.05) is 9.86 Å². The van der Waals surface area contributed by atoms with E-state index in [0.29, 0.717) is 5.82 Å². The Morgan fingerprint density at radius 2 is 2.20 bits per heavy atom. The number of carbonyl (C=O) groups is 1. The summed E-state index contributed by atoms with van der Waals surface area (Å²) in [6.45, 7) is 3.81. The molecular formula is C14H15BrN3O2-. The van der Waals surface area contributed by atoms with E-state index in [2.05, 4.69) is 31.2 Å². The summed E-state index contributed by atoms with van der Waals surface area (Å²) >= 11 is 3.39. The molecule has 0 radical (unpaired) electrons. The highest BCUT2D eigenvalue weighted by Gasteiger charge is 2.18. The fourth-order valence-corrected chi connectivity index (χ4v) is 2.32. The van der Waals surface area contributed by atoms with Gasteiger partial charge < -0.3 is 15.2 Å². The minimum Gasteiger partial charge on any atom is -0.548 e. The van der Waals surface area contributed by atoms with Gasteiger partial charge in [0.05, 0.1) is 17.5 Å². The van der Waals surface area contributed by atoms with Crippen molar-refractivity contribution in [1.82, 2.24) is 9.97 Å². The number of rotatable bonds is 5. The SMILES string of the molecule is CC[C@H](C)[C@H](Nc1ncnc2ccc(Br)cc12)C(=O)[O-]. The lowest BCUT2D eigenvalue weighted by atomic mass is 9.99. The van der Waals surface area contributed by atoms with E-state index in [9.17, 15) is 9.90 Å². The summed E-state index contributed by atoms with van der Waals surface area (Å²) in [5.41, 5.74) is 0.756. The maximum absolute atomic E-state index is 11.3. The summed E-state index contributed by atoms with van der Waals surface area (Å²) in [4.78, 5) is 19.6. The van der Waals surface area contributed by atoms with E-state index in [1.54, 1.807) is 0 Å². The zero-order chi connectivity index (χ0) is 14.7. The zero-order valence-electron chi connectivity index (χ0n) is 11.3. The Morgan fingerprint density at radius 1 is 1.45 bits per heavy atom. The number of anilines is 1. The predicted molar refractivity (Wildman–Crippen MR) is 79.1 cm³/mol. The summed E-state index contributed by atoms with van der Waals surface area (Å²) < 4.78 is 0.886. The molecule has 1 aromatic carbocycles. The number of hydrogen-bond acceptors (Lipinski definition) is 5. The molecule has 0 fully saturated rings. The van der Waals surface area contributed by atoms with Crippen LogP contribution < -0.4 is 10.4 Å². The average Bonchev–Trinajstić information content (AvgIpc) is 2.43. The van der Waals surface area contributed by atoms with Crippen LogP contribution in [0.4, 0.5) is 5.82 Å². The van der Waals surface area contributed by atoms with E-state index in [0.717, 1.165) is 21.8 Å². The molecule has 106 valence electrons. The molecule has 6 heteroatoms. The standard InChI is InChI=1S/C14H16BrN3O2/c1-3-8(2)12(14(19)20)18-13-10-6-9(15)4-5-11(10)16-7-17-13/h4-8,12H,3H2,1-2H3,(H,19,20)(H,16,17,18)/p-1/t8-,12-/m0/s1. The number of aliphatic carboxylic acids is 1. The first-order valence-electron chi connectivity index (χ1n) is 6.40. The fourth-order valence-electron chi connectivity index (χ4n) is 1.96. The number of fused-ring (bicyclic) bond motifs is 1. The molecular weight excluding hydrogens is 322 g/mol. The highest BCUT2D eigenvalue weighted by molar-refractivity contribution is 9.10. The van der Waals surface area contributed by atoms with Crippen LogP contribution in [0.2, 0.25) is 0 Å². The molecule has 2 rings (SSSR count).